The van der Waals surface area contributed by atoms with E-state index in [-0.39, 0.29) is 24.2 Å². The number of nitrogens with zero attached hydrogens (tertiary/aromatic N) is 2. The molecule has 2 heterocycles. The highest BCUT2D eigenvalue weighted by Crippen LogP contribution is 2.30. The van der Waals surface area contributed by atoms with E-state index >= 15 is 0 Å². The van der Waals surface area contributed by atoms with Crippen LogP contribution < -0.4 is 16.0 Å². The second-order valence-corrected chi connectivity index (χ2v) is 6.17. The maximum atomic E-state index is 12.0. The van der Waals surface area contributed by atoms with Gasteiger partial charge >= 0.3 is 12.0 Å². The molecule has 2 saturated heterocycles. The average molecular weight is 339 g/mol. The zero-order chi connectivity index (χ0) is 17.7. The lowest BCUT2D eigenvalue weighted by molar-refractivity contribution is -0.140. The molecule has 0 aromatic rings. The first-order valence-corrected chi connectivity index (χ1v) is 8.06. The Morgan fingerprint density at radius 2 is 2.08 bits per heavy atom. The molecule has 3 N–H and O–H groups in total. The molecule has 0 aromatic heterocycles. The van der Waals surface area contributed by atoms with Crippen molar-refractivity contribution >= 4 is 23.9 Å². The third-order valence-corrected chi connectivity index (χ3v) is 4.73. The Morgan fingerprint density at radius 3 is 2.58 bits per heavy atom. The smallest absolute Gasteiger partial charge is 0.322 e. The van der Waals surface area contributed by atoms with E-state index in [1.807, 2.05) is 0 Å². The van der Waals surface area contributed by atoms with Crippen molar-refractivity contribution in [2.24, 2.45) is 10.9 Å². The van der Waals surface area contributed by atoms with Crippen LogP contribution in [0.25, 0.3) is 0 Å². The molecule has 1 atom stereocenters. The number of carbonyl (C=O) groups is 3. The van der Waals surface area contributed by atoms with E-state index in [1.165, 1.54) is 7.11 Å². The van der Waals surface area contributed by atoms with Gasteiger partial charge < -0.3 is 20.3 Å². The summed E-state index contributed by atoms with van der Waals surface area (Å²) < 4.78 is 4.61. The Bertz CT molecular complexity index is 542. The molecule has 9 heteroatoms. The second-order valence-electron chi connectivity index (χ2n) is 6.17. The molecular formula is C15H25N5O4. The number of hydrogen-bond acceptors (Lipinski definition) is 5. The maximum absolute atomic E-state index is 12.0. The van der Waals surface area contributed by atoms with Crippen molar-refractivity contribution in [3.63, 3.8) is 0 Å². The monoisotopic (exact) mass is 339 g/mol. The van der Waals surface area contributed by atoms with Crippen LogP contribution in [0.4, 0.5) is 4.79 Å². The average Bonchev–Trinajstić information content (AvgIpc) is 2.84. The van der Waals surface area contributed by atoms with Crippen LogP contribution in [-0.2, 0) is 14.3 Å². The Kier molecular flexibility index (Phi) is 5.63. The number of rotatable bonds is 4. The van der Waals surface area contributed by atoms with Gasteiger partial charge in [0.15, 0.2) is 5.96 Å². The first-order chi connectivity index (χ1) is 11.4. The molecule has 1 unspecified atom stereocenters. The van der Waals surface area contributed by atoms with Gasteiger partial charge in [0, 0.05) is 26.7 Å². The molecule has 0 bridgehead atoms. The standard InChI is InChI=1S/C15H25N5O4/c1-15(12(22)18-14(23)19-15)10-5-8-20(9-6-10)13(16-2)17-7-4-11(21)24-3/h10H,4-9H2,1-3H3,(H,16,17)(H2,18,19,22,23). The van der Waals surface area contributed by atoms with Crippen LogP contribution in [0.3, 0.4) is 0 Å². The van der Waals surface area contributed by atoms with Gasteiger partial charge in [-0.1, -0.05) is 0 Å². The molecule has 24 heavy (non-hydrogen) atoms. The van der Waals surface area contributed by atoms with Gasteiger partial charge in [0.1, 0.15) is 5.54 Å². The number of amides is 3. The second kappa shape index (κ2) is 7.50. The van der Waals surface area contributed by atoms with Crippen molar-refractivity contribution in [1.29, 1.82) is 0 Å². The van der Waals surface area contributed by atoms with Crippen molar-refractivity contribution in [1.82, 2.24) is 20.9 Å². The van der Waals surface area contributed by atoms with Gasteiger partial charge in [-0.05, 0) is 25.7 Å². The number of imide groups is 1. The van der Waals surface area contributed by atoms with Crippen LogP contribution >= 0.6 is 0 Å². The molecule has 9 nitrogen and oxygen atoms in total. The fourth-order valence-electron chi connectivity index (χ4n) is 3.22. The number of hydrogen-bond donors (Lipinski definition) is 3. The molecule has 134 valence electrons. The summed E-state index contributed by atoms with van der Waals surface area (Å²) in [5.41, 5.74) is -0.842. The summed E-state index contributed by atoms with van der Waals surface area (Å²) in [6.07, 6.45) is 1.81. The van der Waals surface area contributed by atoms with E-state index in [4.69, 9.17) is 0 Å². The van der Waals surface area contributed by atoms with E-state index in [1.54, 1.807) is 14.0 Å². The Labute approximate surface area is 141 Å². The molecule has 2 rings (SSSR count). The van der Waals surface area contributed by atoms with Crippen molar-refractivity contribution in [3.05, 3.63) is 0 Å². The normalized spacial score (nSPS) is 25.3. The summed E-state index contributed by atoms with van der Waals surface area (Å²) in [7, 11) is 3.05. The lowest BCUT2D eigenvalue weighted by atomic mass is 9.79. The van der Waals surface area contributed by atoms with Gasteiger partial charge in [-0.15, -0.1) is 0 Å². The molecule has 0 aliphatic carbocycles. The van der Waals surface area contributed by atoms with Gasteiger partial charge in [0.05, 0.1) is 13.5 Å². The van der Waals surface area contributed by atoms with Crippen LogP contribution in [0.2, 0.25) is 0 Å². The van der Waals surface area contributed by atoms with Crippen LogP contribution in [0.15, 0.2) is 4.99 Å². The fraction of sp³-hybridized carbons (Fsp3) is 0.733. The molecule has 0 spiro atoms. The SMILES string of the molecule is CN=C(NCCC(=O)OC)N1CCC(C2(C)NC(=O)NC2=O)CC1. The van der Waals surface area contributed by atoms with Gasteiger partial charge in [-0.25, -0.2) is 4.79 Å². The lowest BCUT2D eigenvalue weighted by Crippen LogP contribution is -2.55. The first kappa shape index (κ1) is 18.0. The van der Waals surface area contributed by atoms with Crippen LogP contribution in [0.5, 0.6) is 0 Å². The third kappa shape index (κ3) is 3.77. The highest BCUT2D eigenvalue weighted by Gasteiger charge is 2.48. The highest BCUT2D eigenvalue weighted by molar-refractivity contribution is 6.07. The Balaban J connectivity index is 1.86. The number of likely N-dealkylation sites (tertiary alicyclic amines) is 1. The molecule has 2 aliphatic rings. The summed E-state index contributed by atoms with van der Waals surface area (Å²) >= 11 is 0. The minimum atomic E-state index is -0.842. The number of aliphatic imine (C=N–C) groups is 1. The molecule has 0 aromatic carbocycles. The molecule has 0 saturated carbocycles. The van der Waals surface area contributed by atoms with Crippen LogP contribution in [0.1, 0.15) is 26.2 Å². The van der Waals surface area contributed by atoms with Gasteiger partial charge in [0.2, 0.25) is 0 Å². The highest BCUT2D eigenvalue weighted by atomic mass is 16.5. The summed E-state index contributed by atoms with van der Waals surface area (Å²) in [5, 5.41) is 8.20. The number of esters is 1. The van der Waals surface area contributed by atoms with E-state index < -0.39 is 11.6 Å². The van der Waals surface area contributed by atoms with E-state index in [0.717, 1.165) is 31.9 Å². The predicted molar refractivity (Wildman–Crippen MR) is 87.4 cm³/mol. The zero-order valence-electron chi connectivity index (χ0n) is 14.3. The summed E-state index contributed by atoms with van der Waals surface area (Å²) in [5.74, 6) is 0.273. The van der Waals surface area contributed by atoms with Gasteiger partial charge in [-0.3, -0.25) is 19.9 Å². The number of nitrogens with one attached hydrogen (secondary N) is 3. The molecule has 2 fully saturated rings. The Hall–Kier alpha value is -2.32. The number of methoxy groups -OCH3 is 1. The lowest BCUT2D eigenvalue weighted by Gasteiger charge is -2.39. The summed E-state index contributed by atoms with van der Waals surface area (Å²) in [6.45, 7) is 3.68. The van der Waals surface area contributed by atoms with Crippen LogP contribution in [-0.4, -0.2) is 68.1 Å². The number of guanidine groups is 1. The van der Waals surface area contributed by atoms with E-state index in [0.29, 0.717) is 6.54 Å². The van der Waals surface area contributed by atoms with Crippen molar-refractivity contribution < 1.29 is 19.1 Å². The minimum Gasteiger partial charge on any atom is -0.469 e. The summed E-state index contributed by atoms with van der Waals surface area (Å²) in [4.78, 5) is 40.9. The first-order valence-electron chi connectivity index (χ1n) is 8.06. The minimum absolute atomic E-state index is 0.0772. The zero-order valence-corrected chi connectivity index (χ0v) is 14.3. The molecular weight excluding hydrogens is 314 g/mol. The number of urea groups is 1. The molecule has 3 amide bonds. The fourth-order valence-corrected chi connectivity index (χ4v) is 3.22. The summed E-state index contributed by atoms with van der Waals surface area (Å²) in [6, 6.07) is -0.426. The largest absolute Gasteiger partial charge is 0.469 e. The number of carbonyl (C=O) groups excluding carboxylic acids is 3. The van der Waals surface area contributed by atoms with Crippen LogP contribution in [0, 0.1) is 5.92 Å². The van der Waals surface area contributed by atoms with Gasteiger partial charge in [0.25, 0.3) is 5.91 Å². The van der Waals surface area contributed by atoms with Crippen molar-refractivity contribution in [3.8, 4) is 0 Å². The Morgan fingerprint density at radius 1 is 1.42 bits per heavy atom. The van der Waals surface area contributed by atoms with E-state index in [9.17, 15) is 14.4 Å². The number of ether oxygens (including phenoxy) is 1. The molecule has 2 aliphatic heterocycles. The predicted octanol–water partition coefficient (Wildman–Crippen LogP) is -0.565. The quantitative estimate of drug-likeness (QED) is 0.274. The van der Waals surface area contributed by atoms with E-state index in [2.05, 4.69) is 30.6 Å². The van der Waals surface area contributed by atoms with Crippen molar-refractivity contribution in [2.75, 3.05) is 33.8 Å². The number of piperidine rings is 1. The maximum Gasteiger partial charge on any atom is 0.322 e. The third-order valence-electron chi connectivity index (χ3n) is 4.73. The van der Waals surface area contributed by atoms with Crippen molar-refractivity contribution in [2.45, 2.75) is 31.7 Å². The molecule has 0 radical (unpaired) electrons. The van der Waals surface area contributed by atoms with Gasteiger partial charge in [-0.2, -0.15) is 0 Å². The topological polar surface area (TPSA) is 112 Å².